The molecule has 154 valence electrons. The number of fused-ring (bicyclic) bond motifs is 1. The highest BCUT2D eigenvalue weighted by atomic mass is 16.2. The van der Waals surface area contributed by atoms with E-state index in [1.807, 2.05) is 12.4 Å². The van der Waals surface area contributed by atoms with Crippen molar-refractivity contribution in [2.24, 2.45) is 0 Å². The summed E-state index contributed by atoms with van der Waals surface area (Å²) in [6, 6.07) is 0.743. The number of nitrogens with one attached hydrogen (secondary N) is 1. The van der Waals surface area contributed by atoms with Gasteiger partial charge in [-0.2, -0.15) is 5.10 Å². The predicted molar refractivity (Wildman–Crippen MR) is 113 cm³/mol. The minimum absolute atomic E-state index is 0.0638. The molecule has 0 spiro atoms. The lowest BCUT2D eigenvalue weighted by Gasteiger charge is -2.38. The quantitative estimate of drug-likeness (QED) is 0.836. The minimum Gasteiger partial charge on any atom is -0.383 e. The number of amides is 1. The molecular formula is C22H30N6O. The van der Waals surface area contributed by atoms with E-state index in [0.29, 0.717) is 23.5 Å². The number of nitrogens with zero attached hydrogens (tertiary/aromatic N) is 4. The number of carbonyl (C=O) groups excluding carboxylic acids is 1. The Bertz CT molecular complexity index is 895. The molecule has 7 nitrogen and oxygen atoms in total. The van der Waals surface area contributed by atoms with Gasteiger partial charge in [-0.3, -0.25) is 9.48 Å². The van der Waals surface area contributed by atoms with Crippen molar-refractivity contribution in [1.82, 2.24) is 25.0 Å². The number of pyridine rings is 1. The lowest BCUT2D eigenvalue weighted by Crippen LogP contribution is -2.46. The van der Waals surface area contributed by atoms with Crippen LogP contribution in [0.2, 0.25) is 0 Å². The summed E-state index contributed by atoms with van der Waals surface area (Å²) < 4.78 is 2.06. The van der Waals surface area contributed by atoms with Gasteiger partial charge in [-0.15, -0.1) is 0 Å². The molecule has 2 aliphatic heterocycles. The summed E-state index contributed by atoms with van der Waals surface area (Å²) in [5, 5.41) is 8.06. The summed E-state index contributed by atoms with van der Waals surface area (Å²) in [6.07, 6.45) is 14.9. The first-order valence-corrected chi connectivity index (χ1v) is 11.1. The lowest BCUT2D eigenvalue weighted by molar-refractivity contribution is 0.0616. The van der Waals surface area contributed by atoms with E-state index < -0.39 is 0 Å². The van der Waals surface area contributed by atoms with Gasteiger partial charge in [-0.25, -0.2) is 4.98 Å². The third-order valence-electron chi connectivity index (χ3n) is 6.87. The van der Waals surface area contributed by atoms with Gasteiger partial charge in [0, 0.05) is 42.7 Å². The fourth-order valence-corrected chi connectivity index (χ4v) is 5.27. The molecule has 1 saturated carbocycles. The molecule has 1 unspecified atom stereocenters. The summed E-state index contributed by atoms with van der Waals surface area (Å²) >= 11 is 0. The average Bonchev–Trinajstić information content (AvgIpc) is 3.25. The SMILES string of the molecule is Nc1ncc(-c2cnn(C3CCCNC3)c2)c2c1C(=O)N(C1CCCCC1)CC2. The maximum atomic E-state index is 13.3. The van der Waals surface area contributed by atoms with Crippen molar-refractivity contribution in [2.75, 3.05) is 25.4 Å². The first-order chi connectivity index (χ1) is 14.2. The van der Waals surface area contributed by atoms with Gasteiger partial charge >= 0.3 is 0 Å². The standard InChI is InChI=1S/C22H30N6O/c23-21-20-18(8-10-27(22(20)29)16-5-2-1-3-6-16)19(13-25-21)15-11-26-28(14-15)17-7-4-9-24-12-17/h11,13-14,16-17,24H,1-10,12H2,(H2,23,25). The molecule has 4 heterocycles. The Morgan fingerprint density at radius 1 is 1.07 bits per heavy atom. The van der Waals surface area contributed by atoms with Gasteiger partial charge in [0.1, 0.15) is 5.82 Å². The van der Waals surface area contributed by atoms with Gasteiger partial charge in [0.2, 0.25) is 0 Å². The number of nitrogens with two attached hydrogens (primary N) is 1. The molecule has 2 fully saturated rings. The van der Waals surface area contributed by atoms with Crippen LogP contribution in [0.15, 0.2) is 18.6 Å². The molecule has 1 saturated heterocycles. The molecule has 2 aromatic heterocycles. The Hall–Kier alpha value is -2.41. The van der Waals surface area contributed by atoms with Crippen LogP contribution in [0.1, 0.15) is 66.9 Å². The first-order valence-electron chi connectivity index (χ1n) is 11.1. The number of anilines is 1. The molecule has 2 aromatic rings. The first kappa shape index (κ1) is 18.6. The highest BCUT2D eigenvalue weighted by molar-refractivity contribution is 6.02. The van der Waals surface area contributed by atoms with Crippen molar-refractivity contribution in [1.29, 1.82) is 0 Å². The highest BCUT2D eigenvalue weighted by Crippen LogP contribution is 2.35. The monoisotopic (exact) mass is 394 g/mol. The molecule has 0 aromatic carbocycles. The maximum absolute atomic E-state index is 13.3. The Balaban J connectivity index is 1.46. The van der Waals surface area contributed by atoms with Crippen LogP contribution in [-0.4, -0.2) is 51.2 Å². The van der Waals surface area contributed by atoms with Gasteiger partial charge in [0.05, 0.1) is 17.8 Å². The van der Waals surface area contributed by atoms with Crippen molar-refractivity contribution < 1.29 is 4.79 Å². The van der Waals surface area contributed by atoms with Gasteiger partial charge in [-0.1, -0.05) is 19.3 Å². The Kier molecular flexibility index (Phi) is 4.99. The molecule has 29 heavy (non-hydrogen) atoms. The van der Waals surface area contributed by atoms with Crippen LogP contribution in [0.3, 0.4) is 0 Å². The van der Waals surface area contributed by atoms with Crippen LogP contribution in [0.4, 0.5) is 5.82 Å². The molecular weight excluding hydrogens is 364 g/mol. The second kappa shape index (κ2) is 7.78. The molecule has 1 amide bonds. The summed E-state index contributed by atoms with van der Waals surface area (Å²) in [5.41, 5.74) is 9.89. The molecule has 3 N–H and O–H groups in total. The van der Waals surface area contributed by atoms with Crippen LogP contribution in [0, 0.1) is 0 Å². The zero-order valence-corrected chi connectivity index (χ0v) is 16.9. The predicted octanol–water partition coefficient (Wildman–Crippen LogP) is 2.78. The molecule has 1 aliphatic carbocycles. The van der Waals surface area contributed by atoms with Crippen LogP contribution in [-0.2, 0) is 6.42 Å². The van der Waals surface area contributed by atoms with Gasteiger partial charge in [0.15, 0.2) is 0 Å². The van der Waals surface area contributed by atoms with Gasteiger partial charge in [-0.05, 0) is 44.2 Å². The van der Waals surface area contributed by atoms with Gasteiger partial charge < -0.3 is 16.0 Å². The van der Waals surface area contributed by atoms with E-state index in [2.05, 4.69) is 31.2 Å². The van der Waals surface area contributed by atoms with Crippen molar-refractivity contribution in [3.63, 3.8) is 0 Å². The molecule has 7 heteroatoms. The van der Waals surface area contributed by atoms with Crippen LogP contribution >= 0.6 is 0 Å². The summed E-state index contributed by atoms with van der Waals surface area (Å²) in [5.74, 6) is 0.423. The molecule has 3 aliphatic rings. The molecule has 0 bridgehead atoms. The fraction of sp³-hybridized carbons (Fsp3) is 0.591. The Labute approximate surface area is 171 Å². The lowest BCUT2D eigenvalue weighted by atomic mass is 9.89. The van der Waals surface area contributed by atoms with E-state index in [4.69, 9.17) is 5.73 Å². The molecule has 1 atom stereocenters. The Morgan fingerprint density at radius 2 is 1.90 bits per heavy atom. The van der Waals surface area contributed by atoms with E-state index in [9.17, 15) is 4.79 Å². The number of hydrogen-bond donors (Lipinski definition) is 2. The minimum atomic E-state index is 0.0638. The topological polar surface area (TPSA) is 89.1 Å². The van der Waals surface area contributed by atoms with E-state index in [-0.39, 0.29) is 5.91 Å². The number of carbonyl (C=O) groups is 1. The maximum Gasteiger partial charge on any atom is 0.258 e. The Morgan fingerprint density at radius 3 is 2.69 bits per heavy atom. The van der Waals surface area contributed by atoms with E-state index >= 15 is 0 Å². The summed E-state index contributed by atoms with van der Waals surface area (Å²) in [7, 11) is 0. The fourth-order valence-electron chi connectivity index (χ4n) is 5.27. The smallest absolute Gasteiger partial charge is 0.258 e. The normalized spacial score (nSPS) is 23.2. The molecule has 5 rings (SSSR count). The second-order valence-electron chi connectivity index (χ2n) is 8.66. The number of piperidine rings is 1. The van der Waals surface area contributed by atoms with Crippen molar-refractivity contribution in [3.8, 4) is 11.1 Å². The van der Waals surface area contributed by atoms with Crippen molar-refractivity contribution in [2.45, 2.75) is 63.5 Å². The summed E-state index contributed by atoms with van der Waals surface area (Å²) in [6.45, 7) is 2.81. The number of nitrogen functional groups attached to an aromatic ring is 1. The number of rotatable bonds is 3. The largest absolute Gasteiger partial charge is 0.383 e. The van der Waals surface area contributed by atoms with E-state index in [1.165, 1.54) is 25.7 Å². The van der Waals surface area contributed by atoms with Crippen LogP contribution in [0.25, 0.3) is 11.1 Å². The zero-order chi connectivity index (χ0) is 19.8. The summed E-state index contributed by atoms with van der Waals surface area (Å²) in [4.78, 5) is 19.8. The average molecular weight is 395 g/mol. The number of aromatic nitrogens is 3. The molecule has 0 radical (unpaired) electrons. The second-order valence-corrected chi connectivity index (χ2v) is 8.66. The number of hydrogen-bond acceptors (Lipinski definition) is 5. The third-order valence-corrected chi connectivity index (χ3v) is 6.87. The van der Waals surface area contributed by atoms with Crippen LogP contribution < -0.4 is 11.1 Å². The highest BCUT2D eigenvalue weighted by Gasteiger charge is 2.34. The van der Waals surface area contributed by atoms with Crippen LogP contribution in [0.5, 0.6) is 0 Å². The zero-order valence-electron chi connectivity index (χ0n) is 16.9. The van der Waals surface area contributed by atoms with E-state index in [0.717, 1.165) is 62.0 Å². The van der Waals surface area contributed by atoms with Crippen molar-refractivity contribution in [3.05, 3.63) is 29.7 Å². The van der Waals surface area contributed by atoms with Gasteiger partial charge in [0.25, 0.3) is 5.91 Å². The third kappa shape index (κ3) is 3.41. The van der Waals surface area contributed by atoms with Crippen molar-refractivity contribution >= 4 is 11.7 Å². The van der Waals surface area contributed by atoms with E-state index in [1.54, 1.807) is 0 Å².